The molecule has 0 fully saturated rings. The number of hydrazone groups is 1. The molecular formula is C18H15ClN6O5. The molecule has 1 heterocycles. The summed E-state index contributed by atoms with van der Waals surface area (Å²) in [4.78, 5) is 25.8. The van der Waals surface area contributed by atoms with Crippen LogP contribution in [0.5, 0.6) is 11.5 Å². The molecule has 30 heavy (non-hydrogen) atoms. The van der Waals surface area contributed by atoms with E-state index in [9.17, 15) is 20.0 Å². The van der Waals surface area contributed by atoms with Crippen LogP contribution in [0.3, 0.4) is 0 Å². The lowest BCUT2D eigenvalue weighted by Crippen LogP contribution is -2.17. The van der Waals surface area contributed by atoms with E-state index in [4.69, 9.17) is 16.3 Å². The van der Waals surface area contributed by atoms with Crippen LogP contribution in [0, 0.1) is 10.1 Å². The zero-order valence-electron chi connectivity index (χ0n) is 15.5. The van der Waals surface area contributed by atoms with Gasteiger partial charge in [0.15, 0.2) is 0 Å². The van der Waals surface area contributed by atoms with Crippen LogP contribution >= 0.6 is 11.6 Å². The number of phenols is 1. The van der Waals surface area contributed by atoms with Crippen molar-refractivity contribution in [3.8, 4) is 11.5 Å². The van der Waals surface area contributed by atoms with E-state index in [0.717, 1.165) is 0 Å². The molecule has 2 aromatic carbocycles. The molecule has 0 spiro atoms. The number of ether oxygens (including phenoxy) is 1. The Balaban J connectivity index is 1.74. The van der Waals surface area contributed by atoms with E-state index in [-0.39, 0.29) is 17.9 Å². The van der Waals surface area contributed by atoms with E-state index < -0.39 is 16.8 Å². The standard InChI is InChI=1S/C18H15ClN6O5/c1-30-16-5-2-11(6-12(16)9-24-10-20-18(23-24)25(28)29)8-21-22-17(27)14-7-13(19)3-4-15(14)26/h2-8,10,26H,9H2,1H3,(H,22,27). The zero-order valence-corrected chi connectivity index (χ0v) is 16.3. The van der Waals surface area contributed by atoms with Crippen molar-refractivity contribution in [2.24, 2.45) is 5.10 Å². The highest BCUT2D eigenvalue weighted by atomic mass is 35.5. The van der Waals surface area contributed by atoms with Crippen molar-refractivity contribution in [3.63, 3.8) is 0 Å². The molecule has 0 saturated carbocycles. The number of carbonyl (C=O) groups is 1. The molecule has 0 radical (unpaired) electrons. The Morgan fingerprint density at radius 1 is 1.40 bits per heavy atom. The van der Waals surface area contributed by atoms with Crippen molar-refractivity contribution in [3.05, 3.63) is 74.6 Å². The van der Waals surface area contributed by atoms with Crippen molar-refractivity contribution in [1.82, 2.24) is 20.2 Å². The lowest BCUT2D eigenvalue weighted by Gasteiger charge is -2.08. The number of hydrogen-bond acceptors (Lipinski definition) is 8. The Bertz CT molecular complexity index is 1130. The topological polar surface area (TPSA) is 145 Å². The second-order valence-electron chi connectivity index (χ2n) is 5.93. The summed E-state index contributed by atoms with van der Waals surface area (Å²) in [5.74, 6) is -0.812. The normalized spacial score (nSPS) is 10.9. The van der Waals surface area contributed by atoms with Crippen LogP contribution in [0.2, 0.25) is 5.02 Å². The minimum atomic E-state index is -0.683. The number of phenolic OH excluding ortho intramolecular Hbond substituents is 1. The number of aromatic nitrogens is 3. The largest absolute Gasteiger partial charge is 0.507 e. The van der Waals surface area contributed by atoms with Crippen LogP contribution in [-0.4, -0.2) is 44.0 Å². The van der Waals surface area contributed by atoms with E-state index in [1.165, 1.54) is 42.5 Å². The molecule has 0 aliphatic rings. The van der Waals surface area contributed by atoms with Gasteiger partial charge in [0.25, 0.3) is 5.91 Å². The average molecular weight is 431 g/mol. The molecule has 0 unspecified atom stereocenters. The number of halogens is 1. The maximum Gasteiger partial charge on any atom is 0.490 e. The van der Waals surface area contributed by atoms with Gasteiger partial charge in [-0.2, -0.15) is 9.78 Å². The summed E-state index contributed by atoms with van der Waals surface area (Å²) < 4.78 is 6.61. The van der Waals surface area contributed by atoms with E-state index in [1.54, 1.807) is 18.2 Å². The first-order chi connectivity index (χ1) is 14.4. The van der Waals surface area contributed by atoms with Gasteiger partial charge in [0, 0.05) is 15.7 Å². The number of carbonyl (C=O) groups excluding carboxylic acids is 1. The summed E-state index contributed by atoms with van der Waals surface area (Å²) in [7, 11) is 1.49. The molecule has 12 heteroatoms. The van der Waals surface area contributed by atoms with E-state index in [1.807, 2.05) is 0 Å². The summed E-state index contributed by atoms with van der Waals surface area (Å²) in [6, 6.07) is 9.21. The maximum atomic E-state index is 12.1. The number of benzene rings is 2. The molecule has 0 aliphatic heterocycles. The Morgan fingerprint density at radius 3 is 2.90 bits per heavy atom. The van der Waals surface area contributed by atoms with E-state index in [2.05, 4.69) is 20.6 Å². The molecule has 2 N–H and O–H groups in total. The van der Waals surface area contributed by atoms with Crippen molar-refractivity contribution in [1.29, 1.82) is 0 Å². The second kappa shape index (κ2) is 9.01. The minimum Gasteiger partial charge on any atom is -0.507 e. The molecule has 1 amide bonds. The number of nitrogens with one attached hydrogen (secondary N) is 1. The molecule has 0 atom stereocenters. The first kappa shape index (κ1) is 20.7. The summed E-state index contributed by atoms with van der Waals surface area (Å²) in [6.45, 7) is 0.175. The highest BCUT2D eigenvalue weighted by Gasteiger charge is 2.15. The summed E-state index contributed by atoms with van der Waals surface area (Å²) >= 11 is 5.83. The third kappa shape index (κ3) is 4.89. The lowest BCUT2D eigenvalue weighted by atomic mass is 10.1. The van der Waals surface area contributed by atoms with Crippen LogP contribution < -0.4 is 10.2 Å². The number of amides is 1. The van der Waals surface area contributed by atoms with Gasteiger partial charge in [-0.05, 0) is 46.9 Å². The number of methoxy groups -OCH3 is 1. The fourth-order valence-corrected chi connectivity index (χ4v) is 2.71. The van der Waals surface area contributed by atoms with Crippen LogP contribution in [0.4, 0.5) is 5.95 Å². The van der Waals surface area contributed by atoms with Crippen LogP contribution in [0.25, 0.3) is 0 Å². The van der Waals surface area contributed by atoms with Gasteiger partial charge in [0.05, 0.1) is 25.4 Å². The number of aromatic hydroxyl groups is 1. The quantitative estimate of drug-likeness (QED) is 0.332. The Morgan fingerprint density at radius 2 is 2.20 bits per heavy atom. The molecular weight excluding hydrogens is 416 g/mol. The fourth-order valence-electron chi connectivity index (χ4n) is 2.54. The molecule has 0 bridgehead atoms. The van der Waals surface area contributed by atoms with Gasteiger partial charge in [-0.15, -0.1) is 0 Å². The minimum absolute atomic E-state index is 0.0113. The van der Waals surface area contributed by atoms with Gasteiger partial charge in [-0.25, -0.2) is 5.43 Å². The van der Waals surface area contributed by atoms with Crippen LogP contribution in [-0.2, 0) is 6.54 Å². The van der Waals surface area contributed by atoms with E-state index in [0.29, 0.717) is 21.9 Å². The number of nitro groups is 1. The Kier molecular flexibility index (Phi) is 6.23. The molecule has 154 valence electrons. The van der Waals surface area contributed by atoms with Gasteiger partial charge in [-0.3, -0.25) is 4.79 Å². The monoisotopic (exact) mass is 430 g/mol. The third-order valence-electron chi connectivity index (χ3n) is 3.91. The zero-order chi connectivity index (χ0) is 21.7. The first-order valence-corrected chi connectivity index (χ1v) is 8.78. The Hall–Kier alpha value is -3.99. The van der Waals surface area contributed by atoms with Gasteiger partial charge >= 0.3 is 5.95 Å². The molecule has 1 aromatic heterocycles. The number of rotatable bonds is 7. The molecule has 11 nitrogen and oxygen atoms in total. The first-order valence-electron chi connectivity index (χ1n) is 8.40. The lowest BCUT2D eigenvalue weighted by molar-refractivity contribution is -0.394. The predicted molar refractivity (Wildman–Crippen MR) is 107 cm³/mol. The maximum absolute atomic E-state index is 12.1. The third-order valence-corrected chi connectivity index (χ3v) is 4.14. The molecule has 0 aliphatic carbocycles. The van der Waals surface area contributed by atoms with Gasteiger partial charge < -0.3 is 20.0 Å². The van der Waals surface area contributed by atoms with Gasteiger partial charge in [0.2, 0.25) is 6.33 Å². The second-order valence-corrected chi connectivity index (χ2v) is 6.37. The van der Waals surface area contributed by atoms with Crippen molar-refractivity contribution in [2.45, 2.75) is 6.54 Å². The number of hydrogen-bond donors (Lipinski definition) is 2. The van der Waals surface area contributed by atoms with Crippen LogP contribution in [0.15, 0.2) is 47.8 Å². The fraction of sp³-hybridized carbons (Fsp3) is 0.111. The molecule has 3 rings (SSSR count). The van der Waals surface area contributed by atoms with E-state index >= 15 is 0 Å². The smallest absolute Gasteiger partial charge is 0.490 e. The highest BCUT2D eigenvalue weighted by Crippen LogP contribution is 2.22. The number of nitrogens with zero attached hydrogens (tertiary/aromatic N) is 5. The SMILES string of the molecule is COc1ccc(C=NNC(=O)c2cc(Cl)ccc2O)cc1Cn1cnc([N+](=O)[O-])n1. The van der Waals surface area contributed by atoms with Crippen molar-refractivity contribution in [2.75, 3.05) is 7.11 Å². The summed E-state index contributed by atoms with van der Waals surface area (Å²) in [5, 5.41) is 28.4. The van der Waals surface area contributed by atoms with Gasteiger partial charge in [-0.1, -0.05) is 16.6 Å². The summed E-state index contributed by atoms with van der Waals surface area (Å²) in [6.07, 6.45) is 2.64. The Labute approximate surface area is 174 Å². The van der Waals surface area contributed by atoms with Crippen LogP contribution in [0.1, 0.15) is 21.5 Å². The average Bonchev–Trinajstić information content (AvgIpc) is 3.19. The van der Waals surface area contributed by atoms with Gasteiger partial charge in [0.1, 0.15) is 11.5 Å². The van der Waals surface area contributed by atoms with Crippen molar-refractivity contribution >= 4 is 29.7 Å². The van der Waals surface area contributed by atoms with Crippen molar-refractivity contribution < 1.29 is 19.6 Å². The predicted octanol–water partition coefficient (Wildman–Crippen LogP) is 2.37. The molecule has 3 aromatic rings. The summed E-state index contributed by atoms with van der Waals surface area (Å²) in [5.41, 5.74) is 3.58. The molecule has 0 saturated heterocycles. The highest BCUT2D eigenvalue weighted by molar-refractivity contribution is 6.31.